The van der Waals surface area contributed by atoms with Gasteiger partial charge in [0.1, 0.15) is 0 Å². The molecule has 1 aromatic carbocycles. The molecule has 0 amide bonds. The van der Waals surface area contributed by atoms with Crippen molar-refractivity contribution in [2.45, 2.75) is 6.42 Å². The minimum Gasteiger partial charge on any atom is -0.464 e. The molecule has 0 spiro atoms. The van der Waals surface area contributed by atoms with Gasteiger partial charge in [-0.25, -0.2) is 9.78 Å². The minimum atomic E-state index is -0.404. The van der Waals surface area contributed by atoms with E-state index in [9.17, 15) is 4.79 Å². The summed E-state index contributed by atoms with van der Waals surface area (Å²) in [5, 5.41) is 3.27. The van der Waals surface area contributed by atoms with E-state index in [4.69, 9.17) is 11.6 Å². The molecule has 0 saturated heterocycles. The number of hydrogen-bond donors (Lipinski definition) is 0. The highest BCUT2D eigenvalue weighted by Gasteiger charge is 2.10. The third-order valence-corrected chi connectivity index (χ3v) is 3.27. The Morgan fingerprint density at radius 1 is 1.53 bits per heavy atom. The number of rotatable bonds is 3. The first kappa shape index (κ1) is 12.1. The van der Waals surface area contributed by atoms with Gasteiger partial charge in [0.2, 0.25) is 0 Å². The molecule has 3 nitrogen and oxygen atoms in total. The van der Waals surface area contributed by atoms with E-state index < -0.39 is 5.97 Å². The second-order valence-corrected chi connectivity index (χ2v) is 4.80. The van der Waals surface area contributed by atoms with Gasteiger partial charge in [0.25, 0.3) is 0 Å². The molecule has 0 bridgehead atoms. The number of carbonyl (C=O) groups is 1. The average molecular weight is 268 g/mol. The van der Waals surface area contributed by atoms with Gasteiger partial charge >= 0.3 is 5.97 Å². The van der Waals surface area contributed by atoms with E-state index in [0.29, 0.717) is 17.1 Å². The van der Waals surface area contributed by atoms with E-state index in [-0.39, 0.29) is 0 Å². The number of halogens is 1. The molecule has 0 radical (unpaired) electrons. The number of carbonyl (C=O) groups excluding carboxylic acids is 1. The Bertz CT molecular complexity index is 539. The summed E-state index contributed by atoms with van der Waals surface area (Å²) in [7, 11) is 1.35. The van der Waals surface area contributed by atoms with Crippen LogP contribution in [0.1, 0.15) is 21.1 Å². The van der Waals surface area contributed by atoms with Crippen LogP contribution in [-0.4, -0.2) is 18.1 Å². The Kier molecular flexibility index (Phi) is 3.76. The van der Waals surface area contributed by atoms with E-state index in [2.05, 4.69) is 9.72 Å². The van der Waals surface area contributed by atoms with Crippen LogP contribution in [0.5, 0.6) is 0 Å². The summed E-state index contributed by atoms with van der Waals surface area (Å²) >= 11 is 7.34. The zero-order chi connectivity index (χ0) is 12.3. The topological polar surface area (TPSA) is 39.2 Å². The molecular weight excluding hydrogens is 258 g/mol. The van der Waals surface area contributed by atoms with Crippen LogP contribution in [0.25, 0.3) is 0 Å². The van der Waals surface area contributed by atoms with Gasteiger partial charge in [-0.05, 0) is 17.7 Å². The summed E-state index contributed by atoms with van der Waals surface area (Å²) in [6, 6.07) is 7.59. The molecule has 0 aliphatic carbocycles. The molecule has 1 aromatic heterocycles. The summed E-state index contributed by atoms with van der Waals surface area (Å²) in [5.74, 6) is -0.404. The number of benzene rings is 1. The molecule has 2 aromatic rings. The van der Waals surface area contributed by atoms with E-state index >= 15 is 0 Å². The molecule has 0 saturated carbocycles. The van der Waals surface area contributed by atoms with Gasteiger partial charge < -0.3 is 4.74 Å². The molecule has 17 heavy (non-hydrogen) atoms. The molecule has 0 aliphatic heterocycles. The van der Waals surface area contributed by atoms with Crippen LogP contribution in [-0.2, 0) is 11.2 Å². The molecule has 0 fully saturated rings. The molecule has 0 atom stereocenters. The van der Waals surface area contributed by atoms with Crippen LogP contribution in [0.3, 0.4) is 0 Å². The SMILES string of the molecule is COC(=O)c1csc(Cc2cccc(Cl)c2)n1. The molecular formula is C12H10ClNO2S. The second kappa shape index (κ2) is 5.29. The zero-order valence-corrected chi connectivity index (χ0v) is 10.7. The lowest BCUT2D eigenvalue weighted by Crippen LogP contribution is -2.01. The highest BCUT2D eigenvalue weighted by Crippen LogP contribution is 2.17. The van der Waals surface area contributed by atoms with Crippen molar-refractivity contribution < 1.29 is 9.53 Å². The third-order valence-electron chi connectivity index (χ3n) is 2.19. The second-order valence-electron chi connectivity index (χ2n) is 3.42. The molecule has 0 unspecified atom stereocenters. The smallest absolute Gasteiger partial charge is 0.357 e. The number of nitrogens with zero attached hydrogens (tertiary/aromatic N) is 1. The van der Waals surface area contributed by atoms with Crippen LogP contribution >= 0.6 is 22.9 Å². The van der Waals surface area contributed by atoms with Crippen LogP contribution < -0.4 is 0 Å². The summed E-state index contributed by atoms with van der Waals surface area (Å²) in [6.07, 6.45) is 0.669. The molecule has 88 valence electrons. The van der Waals surface area contributed by atoms with Gasteiger partial charge in [-0.2, -0.15) is 0 Å². The van der Waals surface area contributed by atoms with Crippen molar-refractivity contribution in [1.82, 2.24) is 4.98 Å². The third kappa shape index (κ3) is 3.05. The molecule has 1 heterocycles. The largest absolute Gasteiger partial charge is 0.464 e. The van der Waals surface area contributed by atoms with Crippen molar-refractivity contribution in [2.24, 2.45) is 0 Å². The Balaban J connectivity index is 2.14. The molecule has 2 rings (SSSR count). The lowest BCUT2D eigenvalue weighted by Gasteiger charge is -1.98. The molecule has 0 aliphatic rings. The number of hydrogen-bond acceptors (Lipinski definition) is 4. The van der Waals surface area contributed by atoms with Gasteiger partial charge in [0.05, 0.1) is 12.1 Å². The maximum absolute atomic E-state index is 11.2. The van der Waals surface area contributed by atoms with E-state index in [1.807, 2.05) is 24.3 Å². The Morgan fingerprint density at radius 2 is 2.35 bits per heavy atom. The fraction of sp³-hybridized carbons (Fsp3) is 0.167. The lowest BCUT2D eigenvalue weighted by atomic mass is 10.2. The maximum atomic E-state index is 11.2. The van der Waals surface area contributed by atoms with Crippen molar-refractivity contribution in [3.63, 3.8) is 0 Å². The fourth-order valence-corrected chi connectivity index (χ4v) is 2.42. The van der Waals surface area contributed by atoms with Crippen molar-refractivity contribution in [2.75, 3.05) is 7.11 Å². The highest BCUT2D eigenvalue weighted by molar-refractivity contribution is 7.09. The first-order chi connectivity index (χ1) is 8.19. The minimum absolute atomic E-state index is 0.356. The average Bonchev–Trinajstić information content (AvgIpc) is 2.76. The van der Waals surface area contributed by atoms with Crippen LogP contribution in [0.4, 0.5) is 0 Å². The molecule has 0 N–H and O–H groups in total. The van der Waals surface area contributed by atoms with Crippen molar-refractivity contribution in [1.29, 1.82) is 0 Å². The Morgan fingerprint density at radius 3 is 3.06 bits per heavy atom. The lowest BCUT2D eigenvalue weighted by molar-refractivity contribution is 0.0594. The van der Waals surface area contributed by atoms with Crippen molar-refractivity contribution in [3.8, 4) is 0 Å². The van der Waals surface area contributed by atoms with E-state index in [1.54, 1.807) is 5.38 Å². The summed E-state index contributed by atoms with van der Waals surface area (Å²) in [5.41, 5.74) is 1.43. The number of thiazole rings is 1. The van der Waals surface area contributed by atoms with Gasteiger partial charge in [0.15, 0.2) is 5.69 Å². The van der Waals surface area contributed by atoms with Gasteiger partial charge in [-0.15, -0.1) is 11.3 Å². The number of esters is 1. The summed E-state index contributed by atoms with van der Waals surface area (Å²) in [4.78, 5) is 15.4. The molecule has 5 heteroatoms. The van der Waals surface area contributed by atoms with Crippen LogP contribution in [0, 0.1) is 0 Å². The quantitative estimate of drug-likeness (QED) is 0.802. The predicted octanol–water partition coefficient (Wildman–Crippen LogP) is 3.17. The number of methoxy groups -OCH3 is 1. The van der Waals surface area contributed by atoms with E-state index in [0.717, 1.165) is 10.6 Å². The number of aromatic nitrogens is 1. The van der Waals surface area contributed by atoms with Gasteiger partial charge in [0, 0.05) is 16.8 Å². The monoisotopic (exact) mass is 267 g/mol. The number of ether oxygens (including phenoxy) is 1. The van der Waals surface area contributed by atoms with Gasteiger partial charge in [-0.3, -0.25) is 0 Å². The Hall–Kier alpha value is -1.39. The highest BCUT2D eigenvalue weighted by atomic mass is 35.5. The van der Waals surface area contributed by atoms with E-state index in [1.165, 1.54) is 18.4 Å². The first-order valence-corrected chi connectivity index (χ1v) is 6.22. The standard InChI is InChI=1S/C12H10ClNO2S/c1-16-12(15)10-7-17-11(14-10)6-8-3-2-4-9(13)5-8/h2-5,7H,6H2,1H3. The zero-order valence-electron chi connectivity index (χ0n) is 9.14. The predicted molar refractivity (Wildman–Crippen MR) is 67.7 cm³/mol. The van der Waals surface area contributed by atoms with Crippen LogP contribution in [0.2, 0.25) is 5.02 Å². The van der Waals surface area contributed by atoms with Crippen molar-refractivity contribution in [3.05, 3.63) is 50.9 Å². The first-order valence-electron chi connectivity index (χ1n) is 4.96. The van der Waals surface area contributed by atoms with Gasteiger partial charge in [-0.1, -0.05) is 23.7 Å². The maximum Gasteiger partial charge on any atom is 0.357 e. The van der Waals surface area contributed by atoms with Crippen LogP contribution in [0.15, 0.2) is 29.6 Å². The summed E-state index contributed by atoms with van der Waals surface area (Å²) in [6.45, 7) is 0. The van der Waals surface area contributed by atoms with Crippen molar-refractivity contribution >= 4 is 28.9 Å². The normalized spacial score (nSPS) is 10.2. The summed E-state index contributed by atoms with van der Waals surface area (Å²) < 4.78 is 4.60. The Labute approximate surface area is 108 Å². The fourth-order valence-electron chi connectivity index (χ4n) is 1.41.